The second-order valence-corrected chi connectivity index (χ2v) is 4.12. The maximum absolute atomic E-state index is 11.7. The molecule has 0 unspecified atom stereocenters. The van der Waals surface area contributed by atoms with Crippen LogP contribution in [-0.4, -0.2) is 25.6 Å². The molecule has 92 valence electrons. The summed E-state index contributed by atoms with van der Waals surface area (Å²) in [6.07, 6.45) is 1.90. The van der Waals surface area contributed by atoms with Gasteiger partial charge in [0.1, 0.15) is 5.75 Å². The van der Waals surface area contributed by atoms with Crippen LogP contribution in [0.15, 0.2) is 18.2 Å². The Labute approximate surface area is 101 Å². The third-order valence-corrected chi connectivity index (χ3v) is 2.95. The number of nitrogens with two attached hydrogens (primary N) is 1. The van der Waals surface area contributed by atoms with Crippen molar-refractivity contribution < 1.29 is 9.53 Å². The first-order valence-corrected chi connectivity index (χ1v) is 6.02. The zero-order valence-corrected chi connectivity index (χ0v) is 10.1. The predicted octanol–water partition coefficient (Wildman–Crippen LogP) is 1.32. The highest BCUT2D eigenvalue weighted by molar-refractivity contribution is 5.97. The van der Waals surface area contributed by atoms with E-state index in [1.807, 2.05) is 25.1 Å². The zero-order chi connectivity index (χ0) is 12.3. The van der Waals surface area contributed by atoms with E-state index < -0.39 is 0 Å². The number of ether oxygens (including phenoxy) is 1. The molecule has 0 spiro atoms. The highest BCUT2D eigenvalue weighted by atomic mass is 16.5. The fraction of sp³-hybridized carbons (Fsp3) is 0.462. The Morgan fingerprint density at radius 1 is 1.47 bits per heavy atom. The lowest BCUT2D eigenvalue weighted by Gasteiger charge is -2.28. The number of carbonyl (C=O) groups is 1. The van der Waals surface area contributed by atoms with E-state index in [0.717, 1.165) is 24.3 Å². The van der Waals surface area contributed by atoms with Crippen LogP contribution in [0, 0.1) is 0 Å². The van der Waals surface area contributed by atoms with Crippen LogP contribution in [-0.2, 0) is 11.2 Å². The Balaban J connectivity index is 2.28. The molecule has 1 aromatic carbocycles. The van der Waals surface area contributed by atoms with E-state index in [9.17, 15) is 4.79 Å². The molecular formula is C13H18N2O2. The maximum atomic E-state index is 11.7. The van der Waals surface area contributed by atoms with Crippen molar-refractivity contribution >= 4 is 11.6 Å². The molecule has 4 heteroatoms. The number of nitrogens with zero attached hydrogens (tertiary/aromatic N) is 1. The highest BCUT2D eigenvalue weighted by Gasteiger charge is 2.24. The molecule has 4 nitrogen and oxygen atoms in total. The van der Waals surface area contributed by atoms with Gasteiger partial charge in [-0.25, -0.2) is 0 Å². The van der Waals surface area contributed by atoms with Crippen molar-refractivity contribution in [3.63, 3.8) is 0 Å². The van der Waals surface area contributed by atoms with E-state index in [1.165, 1.54) is 5.56 Å². The van der Waals surface area contributed by atoms with Crippen molar-refractivity contribution in [3.8, 4) is 5.75 Å². The van der Waals surface area contributed by atoms with Gasteiger partial charge in [-0.3, -0.25) is 4.79 Å². The van der Waals surface area contributed by atoms with Gasteiger partial charge in [0.05, 0.1) is 5.69 Å². The van der Waals surface area contributed by atoms with Crippen molar-refractivity contribution in [2.45, 2.75) is 19.8 Å². The molecule has 1 amide bonds. The summed E-state index contributed by atoms with van der Waals surface area (Å²) in [4.78, 5) is 13.5. The number of carbonyl (C=O) groups excluding carboxylic acids is 1. The maximum Gasteiger partial charge on any atom is 0.265 e. The minimum Gasteiger partial charge on any atom is -0.482 e. The number of anilines is 1. The summed E-state index contributed by atoms with van der Waals surface area (Å²) in [7, 11) is 0. The van der Waals surface area contributed by atoms with E-state index in [1.54, 1.807) is 4.90 Å². The second kappa shape index (κ2) is 5.19. The highest BCUT2D eigenvalue weighted by Crippen LogP contribution is 2.32. The molecule has 0 aliphatic carbocycles. The van der Waals surface area contributed by atoms with Crippen LogP contribution in [0.5, 0.6) is 5.75 Å². The fourth-order valence-corrected chi connectivity index (χ4v) is 2.06. The SMILES string of the molecule is CCN1C(=O)COc2ccc(CCCN)cc21. The number of aryl methyl sites for hydroxylation is 1. The lowest BCUT2D eigenvalue weighted by Crippen LogP contribution is -2.38. The number of amides is 1. The molecule has 0 fully saturated rings. The Bertz CT molecular complexity index is 418. The van der Waals surface area contributed by atoms with Gasteiger partial charge in [-0.05, 0) is 44.0 Å². The average Bonchev–Trinajstić information content (AvgIpc) is 2.36. The normalized spacial score (nSPS) is 14.5. The number of fused-ring (bicyclic) bond motifs is 1. The van der Waals surface area contributed by atoms with Crippen LogP contribution in [0.25, 0.3) is 0 Å². The molecule has 0 aromatic heterocycles. The van der Waals surface area contributed by atoms with Gasteiger partial charge >= 0.3 is 0 Å². The summed E-state index contributed by atoms with van der Waals surface area (Å²) >= 11 is 0. The van der Waals surface area contributed by atoms with Gasteiger partial charge in [0, 0.05) is 6.54 Å². The standard InChI is InChI=1S/C13H18N2O2/c1-2-15-11-8-10(4-3-7-14)5-6-12(11)17-9-13(15)16/h5-6,8H,2-4,7,9,14H2,1H3. The molecular weight excluding hydrogens is 216 g/mol. The molecule has 0 saturated carbocycles. The van der Waals surface area contributed by atoms with Crippen LogP contribution in [0.2, 0.25) is 0 Å². The monoisotopic (exact) mass is 234 g/mol. The minimum atomic E-state index is 0.0241. The Morgan fingerprint density at radius 3 is 3.00 bits per heavy atom. The summed E-state index contributed by atoms with van der Waals surface area (Å²) in [5, 5.41) is 0. The third kappa shape index (κ3) is 2.42. The van der Waals surface area contributed by atoms with Gasteiger partial charge in [0.25, 0.3) is 5.91 Å². The van der Waals surface area contributed by atoms with E-state index >= 15 is 0 Å². The first-order valence-electron chi connectivity index (χ1n) is 6.02. The van der Waals surface area contributed by atoms with Gasteiger partial charge < -0.3 is 15.4 Å². The minimum absolute atomic E-state index is 0.0241. The Morgan fingerprint density at radius 2 is 2.29 bits per heavy atom. The molecule has 17 heavy (non-hydrogen) atoms. The summed E-state index contributed by atoms with van der Waals surface area (Å²) in [5.41, 5.74) is 7.59. The summed E-state index contributed by atoms with van der Waals surface area (Å²) in [6, 6.07) is 6.01. The van der Waals surface area contributed by atoms with E-state index in [4.69, 9.17) is 10.5 Å². The molecule has 0 bridgehead atoms. The van der Waals surface area contributed by atoms with Crippen LogP contribution >= 0.6 is 0 Å². The van der Waals surface area contributed by atoms with E-state index in [-0.39, 0.29) is 12.5 Å². The molecule has 1 aromatic rings. The topological polar surface area (TPSA) is 55.6 Å². The number of likely N-dealkylation sites (N-methyl/N-ethyl adjacent to an activating group) is 1. The molecule has 0 saturated heterocycles. The van der Waals surface area contributed by atoms with Crippen molar-refractivity contribution in [2.24, 2.45) is 5.73 Å². The number of benzene rings is 1. The van der Waals surface area contributed by atoms with Crippen molar-refractivity contribution in [1.82, 2.24) is 0 Å². The third-order valence-electron chi connectivity index (χ3n) is 2.95. The zero-order valence-electron chi connectivity index (χ0n) is 10.1. The second-order valence-electron chi connectivity index (χ2n) is 4.12. The van der Waals surface area contributed by atoms with Gasteiger partial charge in [-0.15, -0.1) is 0 Å². The van der Waals surface area contributed by atoms with Crippen LogP contribution < -0.4 is 15.4 Å². The number of hydrogen-bond acceptors (Lipinski definition) is 3. The van der Waals surface area contributed by atoms with Gasteiger partial charge in [-0.2, -0.15) is 0 Å². The van der Waals surface area contributed by atoms with E-state index in [0.29, 0.717) is 13.1 Å². The average molecular weight is 234 g/mol. The molecule has 2 N–H and O–H groups in total. The predicted molar refractivity (Wildman–Crippen MR) is 67.3 cm³/mol. The summed E-state index contributed by atoms with van der Waals surface area (Å²) in [6.45, 7) is 3.47. The molecule has 0 radical (unpaired) electrons. The van der Waals surface area contributed by atoms with Gasteiger partial charge in [0.2, 0.25) is 0 Å². The van der Waals surface area contributed by atoms with Crippen molar-refractivity contribution in [2.75, 3.05) is 24.6 Å². The van der Waals surface area contributed by atoms with Gasteiger partial charge in [-0.1, -0.05) is 6.07 Å². The van der Waals surface area contributed by atoms with E-state index in [2.05, 4.69) is 0 Å². The Kier molecular flexibility index (Phi) is 3.64. The number of hydrogen-bond donors (Lipinski definition) is 1. The molecule has 2 rings (SSSR count). The van der Waals surface area contributed by atoms with Crippen LogP contribution in [0.4, 0.5) is 5.69 Å². The molecule has 0 atom stereocenters. The Hall–Kier alpha value is -1.55. The van der Waals surface area contributed by atoms with Crippen LogP contribution in [0.1, 0.15) is 18.9 Å². The van der Waals surface area contributed by atoms with Gasteiger partial charge in [0.15, 0.2) is 6.61 Å². The fourth-order valence-electron chi connectivity index (χ4n) is 2.06. The summed E-state index contributed by atoms with van der Waals surface area (Å²) < 4.78 is 5.41. The number of rotatable bonds is 4. The lowest BCUT2D eigenvalue weighted by molar-refractivity contribution is -0.121. The first-order chi connectivity index (χ1) is 8.26. The first kappa shape index (κ1) is 11.9. The molecule has 1 heterocycles. The van der Waals surface area contributed by atoms with Crippen molar-refractivity contribution in [3.05, 3.63) is 23.8 Å². The quantitative estimate of drug-likeness (QED) is 0.855. The molecule has 1 aliphatic rings. The van der Waals surface area contributed by atoms with Crippen LogP contribution in [0.3, 0.4) is 0 Å². The largest absolute Gasteiger partial charge is 0.482 e. The van der Waals surface area contributed by atoms with Crippen molar-refractivity contribution in [1.29, 1.82) is 0 Å². The lowest BCUT2D eigenvalue weighted by atomic mass is 10.1. The molecule has 1 aliphatic heterocycles. The summed E-state index contributed by atoms with van der Waals surface area (Å²) in [5.74, 6) is 0.818. The smallest absolute Gasteiger partial charge is 0.265 e.